The molecule has 1 aromatic rings. The van der Waals surface area contributed by atoms with E-state index in [1.54, 1.807) is 6.07 Å². The molecule has 0 saturated carbocycles. The van der Waals surface area contributed by atoms with Crippen LogP contribution in [0.25, 0.3) is 0 Å². The monoisotopic (exact) mass is 267 g/mol. The lowest BCUT2D eigenvalue weighted by Gasteiger charge is -2.07. The van der Waals surface area contributed by atoms with E-state index in [1.807, 2.05) is 0 Å². The van der Waals surface area contributed by atoms with E-state index in [4.69, 9.17) is 0 Å². The maximum absolute atomic E-state index is 13.0. The van der Waals surface area contributed by atoms with E-state index in [2.05, 4.69) is 20.1 Å². The van der Waals surface area contributed by atoms with E-state index in [0.717, 1.165) is 0 Å². The van der Waals surface area contributed by atoms with Gasteiger partial charge in [0.05, 0.1) is 18.0 Å². The van der Waals surface area contributed by atoms with Crippen LogP contribution >= 0.6 is 15.9 Å². The van der Waals surface area contributed by atoms with Gasteiger partial charge in [0.1, 0.15) is 5.82 Å². The van der Waals surface area contributed by atoms with E-state index in [-0.39, 0.29) is 12.2 Å². The minimum atomic E-state index is -2.62. The molecule has 0 aliphatic rings. The van der Waals surface area contributed by atoms with Crippen LogP contribution in [0, 0.1) is 5.82 Å². The van der Waals surface area contributed by atoms with Gasteiger partial charge in [0.25, 0.3) is 0 Å². The Kier molecular flexibility index (Phi) is 3.98. The summed E-state index contributed by atoms with van der Waals surface area (Å²) in [5.74, 6) is -0.500. The Labute approximate surface area is 85.5 Å². The highest BCUT2D eigenvalue weighted by Gasteiger charge is 2.05. The van der Waals surface area contributed by atoms with E-state index in [9.17, 15) is 13.2 Å². The van der Waals surface area contributed by atoms with E-state index in [1.165, 1.54) is 12.1 Å². The molecule has 1 unspecified atom stereocenters. The fourth-order valence-electron chi connectivity index (χ4n) is 0.777. The van der Waals surface area contributed by atoms with Crippen LogP contribution in [0.5, 0.6) is 0 Å². The topological polar surface area (TPSA) is 49.4 Å². The van der Waals surface area contributed by atoms with Crippen molar-refractivity contribution in [2.24, 2.45) is 0 Å². The normalized spacial score (nSPS) is 12.8. The predicted octanol–water partition coefficient (Wildman–Crippen LogP) is 1.90. The largest absolute Gasteiger partial charge is 0.750 e. The van der Waals surface area contributed by atoms with Crippen molar-refractivity contribution in [3.8, 4) is 0 Å². The quantitative estimate of drug-likeness (QED) is 0.786. The van der Waals surface area contributed by atoms with Gasteiger partial charge in [-0.1, -0.05) is 22.0 Å². The molecule has 0 N–H and O–H groups in total. The molecule has 0 heterocycles. The van der Waals surface area contributed by atoms with E-state index in [0.29, 0.717) is 4.47 Å². The standard InChI is InChI=1S/C7H6BrFO3S/c8-6-2-1-3-7(9)5(6)4-12-13(10)11/h1-3H,4H2,(H,10,11)/p-1. The summed E-state index contributed by atoms with van der Waals surface area (Å²) in [6.07, 6.45) is 0. The molecule has 1 rings (SSSR count). The molecule has 13 heavy (non-hydrogen) atoms. The number of hydrogen-bond donors (Lipinski definition) is 0. The predicted molar refractivity (Wildman–Crippen MR) is 47.8 cm³/mol. The highest BCUT2D eigenvalue weighted by Crippen LogP contribution is 2.20. The SMILES string of the molecule is O=S([O-])OCc1c(F)cccc1Br. The molecule has 0 aliphatic heterocycles. The van der Waals surface area contributed by atoms with Crippen LogP contribution in [-0.2, 0) is 22.2 Å². The van der Waals surface area contributed by atoms with Gasteiger partial charge in [-0.3, -0.25) is 4.18 Å². The van der Waals surface area contributed by atoms with Crippen molar-refractivity contribution < 1.29 is 17.3 Å². The van der Waals surface area contributed by atoms with Gasteiger partial charge in [-0.15, -0.1) is 0 Å². The Morgan fingerprint density at radius 1 is 1.62 bits per heavy atom. The molecule has 0 radical (unpaired) electrons. The molecular formula is C7H5BrFO3S-. The second-order valence-electron chi connectivity index (χ2n) is 2.17. The van der Waals surface area contributed by atoms with Gasteiger partial charge >= 0.3 is 0 Å². The second-order valence-corrected chi connectivity index (χ2v) is 3.66. The first-order chi connectivity index (χ1) is 6.11. The van der Waals surface area contributed by atoms with Crippen molar-refractivity contribution in [2.45, 2.75) is 6.61 Å². The minimum Gasteiger partial charge on any atom is -0.750 e. The van der Waals surface area contributed by atoms with Crippen LogP contribution in [-0.4, -0.2) is 8.76 Å². The molecule has 0 aliphatic carbocycles. The Morgan fingerprint density at radius 3 is 2.85 bits per heavy atom. The zero-order chi connectivity index (χ0) is 9.84. The zero-order valence-electron chi connectivity index (χ0n) is 6.33. The summed E-state index contributed by atoms with van der Waals surface area (Å²) in [5.41, 5.74) is 0.187. The van der Waals surface area contributed by atoms with E-state index < -0.39 is 17.2 Å². The first-order valence-corrected chi connectivity index (χ1v) is 5.06. The van der Waals surface area contributed by atoms with Gasteiger partial charge in [0.2, 0.25) is 0 Å². The number of benzene rings is 1. The van der Waals surface area contributed by atoms with Gasteiger partial charge in [-0.25, -0.2) is 8.60 Å². The highest BCUT2D eigenvalue weighted by atomic mass is 79.9. The molecule has 0 bridgehead atoms. The maximum atomic E-state index is 13.0. The molecule has 1 atom stereocenters. The van der Waals surface area contributed by atoms with E-state index >= 15 is 0 Å². The number of hydrogen-bond acceptors (Lipinski definition) is 3. The Bertz CT molecular complexity index is 311. The maximum Gasteiger partial charge on any atom is 0.129 e. The van der Waals surface area contributed by atoms with Crippen molar-refractivity contribution in [2.75, 3.05) is 0 Å². The van der Waals surface area contributed by atoms with Crippen LogP contribution in [0.2, 0.25) is 0 Å². The van der Waals surface area contributed by atoms with Gasteiger partial charge in [-0.2, -0.15) is 0 Å². The van der Waals surface area contributed by atoms with Crippen molar-refractivity contribution in [1.82, 2.24) is 0 Å². The lowest BCUT2D eigenvalue weighted by Crippen LogP contribution is -1.99. The lowest BCUT2D eigenvalue weighted by molar-refractivity contribution is 0.285. The fourth-order valence-corrected chi connectivity index (χ4v) is 1.45. The van der Waals surface area contributed by atoms with Crippen LogP contribution in [0.15, 0.2) is 22.7 Å². The average molecular weight is 268 g/mol. The average Bonchev–Trinajstić information content (AvgIpc) is 2.03. The molecule has 0 saturated heterocycles. The van der Waals surface area contributed by atoms with Crippen LogP contribution < -0.4 is 0 Å². The summed E-state index contributed by atoms with van der Waals surface area (Å²) in [6.45, 7) is -0.302. The molecule has 0 amide bonds. The van der Waals surface area contributed by atoms with Gasteiger partial charge in [0.15, 0.2) is 0 Å². The second kappa shape index (κ2) is 4.80. The Balaban J connectivity index is 2.81. The molecule has 0 fully saturated rings. The van der Waals surface area contributed by atoms with Crippen molar-refractivity contribution in [1.29, 1.82) is 0 Å². The molecule has 3 nitrogen and oxygen atoms in total. The summed E-state index contributed by atoms with van der Waals surface area (Å²) < 4.78 is 37.8. The molecule has 1 aromatic carbocycles. The Morgan fingerprint density at radius 2 is 2.31 bits per heavy atom. The minimum absolute atomic E-state index is 0.187. The van der Waals surface area contributed by atoms with Crippen LogP contribution in [0.3, 0.4) is 0 Å². The van der Waals surface area contributed by atoms with Crippen molar-refractivity contribution >= 4 is 27.3 Å². The summed E-state index contributed by atoms with van der Waals surface area (Å²) in [4.78, 5) is 0. The lowest BCUT2D eigenvalue weighted by atomic mass is 10.2. The number of halogens is 2. The number of rotatable bonds is 3. The van der Waals surface area contributed by atoms with Crippen molar-refractivity contribution in [3.63, 3.8) is 0 Å². The van der Waals surface area contributed by atoms with Gasteiger partial charge in [-0.05, 0) is 12.1 Å². The highest BCUT2D eigenvalue weighted by molar-refractivity contribution is 9.10. The third-order valence-corrected chi connectivity index (χ3v) is 2.41. The summed E-state index contributed by atoms with van der Waals surface area (Å²) in [6, 6.07) is 4.35. The molecule has 72 valence electrons. The smallest absolute Gasteiger partial charge is 0.129 e. The van der Waals surface area contributed by atoms with Gasteiger partial charge in [0, 0.05) is 10.0 Å². The summed E-state index contributed by atoms with van der Waals surface area (Å²) in [7, 11) is 0. The molecular weight excluding hydrogens is 263 g/mol. The zero-order valence-corrected chi connectivity index (χ0v) is 8.73. The molecule has 0 aromatic heterocycles. The fraction of sp³-hybridized carbons (Fsp3) is 0.143. The molecule has 6 heteroatoms. The van der Waals surface area contributed by atoms with Crippen LogP contribution in [0.4, 0.5) is 4.39 Å². The Hall–Kier alpha value is -0.300. The first-order valence-electron chi connectivity index (χ1n) is 3.26. The summed E-state index contributed by atoms with van der Waals surface area (Å²) in [5, 5.41) is 0. The summed E-state index contributed by atoms with van der Waals surface area (Å²) >= 11 is 0.456. The third-order valence-electron chi connectivity index (χ3n) is 1.36. The van der Waals surface area contributed by atoms with Gasteiger partial charge < -0.3 is 4.55 Å². The first kappa shape index (κ1) is 10.8. The van der Waals surface area contributed by atoms with Crippen LogP contribution in [0.1, 0.15) is 5.56 Å². The van der Waals surface area contributed by atoms with Crippen molar-refractivity contribution in [3.05, 3.63) is 34.1 Å². The third kappa shape index (κ3) is 3.15. The molecule has 0 spiro atoms.